The van der Waals surface area contributed by atoms with Gasteiger partial charge in [0.1, 0.15) is 6.54 Å². The topological polar surface area (TPSA) is 82.1 Å². The van der Waals surface area contributed by atoms with E-state index in [1.165, 1.54) is 0 Å². The third-order valence-corrected chi connectivity index (χ3v) is 4.57. The molecule has 0 aromatic heterocycles. The van der Waals surface area contributed by atoms with E-state index in [0.717, 1.165) is 16.7 Å². The third-order valence-electron chi connectivity index (χ3n) is 3.67. The molecule has 1 fully saturated rings. The van der Waals surface area contributed by atoms with E-state index in [1.807, 2.05) is 6.92 Å². The fraction of sp³-hybridized carbons (Fsp3) is 0.476. The Balaban J connectivity index is 2.18. The summed E-state index contributed by atoms with van der Waals surface area (Å²) in [7, 11) is 0. The highest BCUT2D eigenvalue weighted by Gasteiger charge is 2.36. The molecule has 0 aliphatic carbocycles. The summed E-state index contributed by atoms with van der Waals surface area (Å²) in [6, 6.07) is 5.34. The van der Waals surface area contributed by atoms with Gasteiger partial charge in [0.25, 0.3) is 11.1 Å². The predicted octanol–water partition coefficient (Wildman–Crippen LogP) is 4.11. The molecular formula is C21H27NO6S. The summed E-state index contributed by atoms with van der Waals surface area (Å²) in [5.74, 6) is 0.440. The fourth-order valence-corrected chi connectivity index (χ4v) is 3.31. The van der Waals surface area contributed by atoms with Crippen LogP contribution in [0.2, 0.25) is 0 Å². The highest BCUT2D eigenvalue weighted by molar-refractivity contribution is 8.18. The van der Waals surface area contributed by atoms with Crippen LogP contribution in [0.1, 0.15) is 40.2 Å². The van der Waals surface area contributed by atoms with E-state index >= 15 is 0 Å². The number of hydrogen-bond acceptors (Lipinski definition) is 7. The predicted molar refractivity (Wildman–Crippen MR) is 112 cm³/mol. The maximum Gasteiger partial charge on any atom is 0.326 e. The lowest BCUT2D eigenvalue weighted by Gasteiger charge is -2.14. The molecule has 8 heteroatoms. The summed E-state index contributed by atoms with van der Waals surface area (Å²) in [5, 5.41) is -0.496. The lowest BCUT2D eigenvalue weighted by molar-refractivity contribution is -0.149. The quantitative estimate of drug-likeness (QED) is 0.438. The molecule has 0 atom stereocenters. The van der Waals surface area contributed by atoms with Crippen molar-refractivity contribution in [3.8, 4) is 11.5 Å². The molecule has 29 heavy (non-hydrogen) atoms. The number of hydrogen-bond donors (Lipinski definition) is 0. The van der Waals surface area contributed by atoms with Crippen LogP contribution in [-0.2, 0) is 14.3 Å². The van der Waals surface area contributed by atoms with Gasteiger partial charge >= 0.3 is 5.97 Å². The zero-order chi connectivity index (χ0) is 21.6. The van der Waals surface area contributed by atoms with Gasteiger partial charge in [0, 0.05) is 0 Å². The Morgan fingerprint density at radius 2 is 1.86 bits per heavy atom. The second-order valence-corrected chi connectivity index (χ2v) is 8.14. The molecular weight excluding hydrogens is 394 g/mol. The van der Waals surface area contributed by atoms with Crippen molar-refractivity contribution in [3.63, 3.8) is 0 Å². The van der Waals surface area contributed by atoms with E-state index in [0.29, 0.717) is 36.2 Å². The van der Waals surface area contributed by atoms with Crippen LogP contribution < -0.4 is 9.47 Å². The van der Waals surface area contributed by atoms with Crippen LogP contribution in [0, 0.1) is 5.92 Å². The zero-order valence-corrected chi connectivity index (χ0v) is 18.2. The van der Waals surface area contributed by atoms with Crippen LogP contribution in [-0.4, -0.2) is 47.9 Å². The van der Waals surface area contributed by atoms with Crippen LogP contribution >= 0.6 is 11.8 Å². The van der Waals surface area contributed by atoms with Crippen LogP contribution in [0.15, 0.2) is 23.1 Å². The van der Waals surface area contributed by atoms with E-state index in [4.69, 9.17) is 14.2 Å². The van der Waals surface area contributed by atoms with Crippen molar-refractivity contribution < 1.29 is 28.6 Å². The molecule has 1 aliphatic heterocycles. The summed E-state index contributed by atoms with van der Waals surface area (Å²) in [5.41, 5.74) is 0.695. The highest BCUT2D eigenvalue weighted by Crippen LogP contribution is 2.34. The molecule has 1 aliphatic rings. The Morgan fingerprint density at radius 1 is 1.14 bits per heavy atom. The summed E-state index contributed by atoms with van der Waals surface area (Å²) in [6.07, 6.45) is 1.29. The Labute approximate surface area is 175 Å². The Hall–Kier alpha value is -2.48. The number of ether oxygens (including phenoxy) is 3. The van der Waals surface area contributed by atoms with Crippen molar-refractivity contribution in [1.82, 2.24) is 4.90 Å². The van der Waals surface area contributed by atoms with E-state index in [2.05, 4.69) is 13.8 Å². The van der Waals surface area contributed by atoms with Gasteiger partial charge < -0.3 is 14.2 Å². The molecule has 0 bridgehead atoms. The van der Waals surface area contributed by atoms with E-state index < -0.39 is 23.7 Å². The maximum absolute atomic E-state index is 12.5. The van der Waals surface area contributed by atoms with Crippen LogP contribution in [0.4, 0.5) is 4.79 Å². The molecule has 0 N–H and O–H groups in total. The van der Waals surface area contributed by atoms with Gasteiger partial charge in [-0.05, 0) is 62.2 Å². The first kappa shape index (κ1) is 22.8. The number of carbonyl (C=O) groups is 3. The van der Waals surface area contributed by atoms with Gasteiger partial charge in [-0.15, -0.1) is 0 Å². The minimum atomic E-state index is -0.617. The highest BCUT2D eigenvalue weighted by atomic mass is 32.2. The van der Waals surface area contributed by atoms with Gasteiger partial charge in [0.15, 0.2) is 11.5 Å². The van der Waals surface area contributed by atoms with Crippen molar-refractivity contribution in [2.45, 2.75) is 40.7 Å². The molecule has 2 rings (SSSR count). The van der Waals surface area contributed by atoms with Gasteiger partial charge in [-0.3, -0.25) is 19.3 Å². The minimum absolute atomic E-state index is 0.241. The molecule has 0 saturated carbocycles. The first-order valence-corrected chi connectivity index (χ1v) is 10.4. The van der Waals surface area contributed by atoms with Crippen molar-refractivity contribution >= 4 is 35.0 Å². The van der Waals surface area contributed by atoms with Gasteiger partial charge in [-0.2, -0.15) is 0 Å². The summed E-state index contributed by atoms with van der Waals surface area (Å²) in [4.78, 5) is 37.6. The normalized spacial score (nSPS) is 15.6. The summed E-state index contributed by atoms with van der Waals surface area (Å²) in [6.45, 7) is 10.0. The van der Waals surface area contributed by atoms with E-state index in [9.17, 15) is 14.4 Å². The molecule has 2 amide bonds. The molecule has 0 radical (unpaired) electrons. The van der Waals surface area contributed by atoms with Gasteiger partial charge in [0.2, 0.25) is 0 Å². The van der Waals surface area contributed by atoms with Crippen molar-refractivity contribution in [2.24, 2.45) is 5.92 Å². The Morgan fingerprint density at radius 3 is 2.48 bits per heavy atom. The number of benzene rings is 1. The summed E-state index contributed by atoms with van der Waals surface area (Å²) >= 11 is 0.794. The second-order valence-electron chi connectivity index (χ2n) is 7.15. The third kappa shape index (κ3) is 6.52. The van der Waals surface area contributed by atoms with Gasteiger partial charge in [-0.1, -0.05) is 19.9 Å². The maximum atomic E-state index is 12.5. The van der Waals surface area contributed by atoms with E-state index in [-0.39, 0.29) is 11.0 Å². The number of carbonyl (C=O) groups excluding carboxylic acids is 3. The Bertz CT molecular complexity index is 802. The molecule has 0 spiro atoms. The summed E-state index contributed by atoms with van der Waals surface area (Å²) < 4.78 is 16.4. The molecule has 0 unspecified atom stereocenters. The number of amides is 2. The average Bonchev–Trinajstić information content (AvgIpc) is 2.88. The number of rotatable bonds is 9. The van der Waals surface area contributed by atoms with Crippen LogP contribution in [0.5, 0.6) is 11.5 Å². The van der Waals surface area contributed by atoms with Crippen molar-refractivity contribution in [1.29, 1.82) is 0 Å². The smallest absolute Gasteiger partial charge is 0.326 e. The molecule has 7 nitrogen and oxygen atoms in total. The van der Waals surface area contributed by atoms with Crippen LogP contribution in [0.25, 0.3) is 6.08 Å². The molecule has 1 saturated heterocycles. The monoisotopic (exact) mass is 421 g/mol. The molecule has 1 heterocycles. The SMILES string of the molecule is CCOc1cc(/C=C2\SC(=O)N(CC(=O)OC(C)C)C2=O)ccc1OCC(C)C. The largest absolute Gasteiger partial charge is 0.490 e. The number of nitrogens with zero attached hydrogens (tertiary/aromatic N) is 1. The fourth-order valence-electron chi connectivity index (χ4n) is 2.48. The number of thioether (sulfide) groups is 1. The molecule has 158 valence electrons. The van der Waals surface area contributed by atoms with Crippen molar-refractivity contribution in [3.05, 3.63) is 28.7 Å². The Kier molecular flexibility index (Phi) is 8.13. The van der Waals surface area contributed by atoms with Gasteiger partial charge in [0.05, 0.1) is 24.2 Å². The average molecular weight is 422 g/mol. The lowest BCUT2D eigenvalue weighted by Crippen LogP contribution is -2.35. The van der Waals surface area contributed by atoms with Gasteiger partial charge in [-0.25, -0.2) is 0 Å². The second kappa shape index (κ2) is 10.3. The van der Waals surface area contributed by atoms with Crippen LogP contribution in [0.3, 0.4) is 0 Å². The molecule has 1 aromatic carbocycles. The zero-order valence-electron chi connectivity index (χ0n) is 17.4. The number of imide groups is 1. The lowest BCUT2D eigenvalue weighted by atomic mass is 10.1. The van der Waals surface area contributed by atoms with E-state index in [1.54, 1.807) is 38.1 Å². The number of esters is 1. The first-order chi connectivity index (χ1) is 13.7. The standard InChI is InChI=1S/C21H27NO6S/c1-6-26-17-9-15(7-8-16(17)27-12-13(2)3)10-18-20(24)22(21(25)29-18)11-19(23)28-14(4)5/h7-10,13-14H,6,11-12H2,1-5H3/b18-10-. The van der Waals surface area contributed by atoms with Crippen molar-refractivity contribution in [2.75, 3.05) is 19.8 Å². The molecule has 1 aromatic rings. The minimum Gasteiger partial charge on any atom is -0.490 e. The first-order valence-electron chi connectivity index (χ1n) is 9.55.